The molecule has 0 aliphatic carbocycles. The molecular formula is C26H29O3. The standard InChI is InChI=1S/C26H29O3/c1-17-8-7-9-18(2)23(17)16-26(27,21-10-12-24(28-5)19(3)14-21)22-11-13-25(29-6)20(4)15-22/h8-15,27H,16H2,1-6H3. The highest BCUT2D eigenvalue weighted by atomic mass is 16.5. The molecule has 3 heteroatoms. The number of hydrogen-bond acceptors (Lipinski definition) is 3. The van der Waals surface area contributed by atoms with E-state index in [1.54, 1.807) is 14.2 Å². The van der Waals surface area contributed by atoms with E-state index in [-0.39, 0.29) is 0 Å². The zero-order valence-corrected chi connectivity index (χ0v) is 18.1. The van der Waals surface area contributed by atoms with E-state index in [1.165, 1.54) is 0 Å². The smallest absolute Gasteiger partial charge is 0.121 e. The molecule has 1 radical (unpaired) electrons. The molecule has 0 spiro atoms. The van der Waals surface area contributed by atoms with E-state index < -0.39 is 5.60 Å². The average molecular weight is 390 g/mol. The van der Waals surface area contributed by atoms with Crippen LogP contribution in [0, 0.1) is 33.8 Å². The average Bonchev–Trinajstić information content (AvgIpc) is 2.70. The maximum atomic E-state index is 12.1. The van der Waals surface area contributed by atoms with Crippen molar-refractivity contribution in [2.75, 3.05) is 14.2 Å². The number of aliphatic hydroxyl groups is 1. The number of rotatable bonds is 6. The molecule has 3 aromatic carbocycles. The summed E-state index contributed by atoms with van der Waals surface area (Å²) >= 11 is 0. The molecule has 0 heterocycles. The summed E-state index contributed by atoms with van der Waals surface area (Å²) in [7, 11) is 3.32. The van der Waals surface area contributed by atoms with Crippen molar-refractivity contribution < 1.29 is 14.6 Å². The van der Waals surface area contributed by atoms with Gasteiger partial charge in [-0.2, -0.15) is 0 Å². The molecule has 0 fully saturated rings. The summed E-state index contributed by atoms with van der Waals surface area (Å²) in [6, 6.07) is 18.9. The van der Waals surface area contributed by atoms with Crippen molar-refractivity contribution in [3.05, 3.63) is 93.5 Å². The lowest BCUT2D eigenvalue weighted by molar-refractivity contribution is 0.0805. The van der Waals surface area contributed by atoms with Gasteiger partial charge in [-0.1, -0.05) is 24.3 Å². The molecular weight excluding hydrogens is 360 g/mol. The van der Waals surface area contributed by atoms with Gasteiger partial charge in [0.25, 0.3) is 0 Å². The molecule has 151 valence electrons. The largest absolute Gasteiger partial charge is 0.496 e. The van der Waals surface area contributed by atoms with E-state index in [4.69, 9.17) is 9.47 Å². The summed E-state index contributed by atoms with van der Waals surface area (Å²) in [6.45, 7) is 8.13. The summed E-state index contributed by atoms with van der Waals surface area (Å²) in [6.07, 6.45) is 0.469. The Morgan fingerprint density at radius 3 is 1.59 bits per heavy atom. The molecule has 1 N–H and O–H groups in total. The fourth-order valence-corrected chi connectivity index (χ4v) is 3.95. The van der Waals surface area contributed by atoms with E-state index in [0.717, 1.165) is 50.4 Å². The predicted molar refractivity (Wildman–Crippen MR) is 117 cm³/mol. The van der Waals surface area contributed by atoms with E-state index >= 15 is 0 Å². The van der Waals surface area contributed by atoms with Gasteiger partial charge in [0.05, 0.1) is 14.2 Å². The summed E-state index contributed by atoms with van der Waals surface area (Å²) < 4.78 is 10.8. The number of ether oxygens (including phenoxy) is 2. The first-order chi connectivity index (χ1) is 13.8. The van der Waals surface area contributed by atoms with Crippen LogP contribution in [0.2, 0.25) is 0 Å². The molecule has 3 aromatic rings. The van der Waals surface area contributed by atoms with E-state index in [0.29, 0.717) is 6.42 Å². The Kier molecular flexibility index (Phi) is 5.99. The maximum Gasteiger partial charge on any atom is 0.121 e. The molecule has 29 heavy (non-hydrogen) atoms. The lowest BCUT2D eigenvalue weighted by Crippen LogP contribution is -2.31. The second kappa shape index (κ2) is 8.30. The highest BCUT2D eigenvalue weighted by Crippen LogP contribution is 2.38. The maximum absolute atomic E-state index is 12.1. The van der Waals surface area contributed by atoms with Gasteiger partial charge in [-0.3, -0.25) is 0 Å². The van der Waals surface area contributed by atoms with Crippen LogP contribution in [0.4, 0.5) is 0 Å². The van der Waals surface area contributed by atoms with Crippen molar-refractivity contribution in [2.24, 2.45) is 0 Å². The molecule has 0 atom stereocenters. The van der Waals surface area contributed by atoms with Gasteiger partial charge in [-0.15, -0.1) is 0 Å². The van der Waals surface area contributed by atoms with Gasteiger partial charge in [0.2, 0.25) is 0 Å². The zero-order valence-electron chi connectivity index (χ0n) is 18.1. The first-order valence-electron chi connectivity index (χ1n) is 9.79. The predicted octanol–water partition coefficient (Wildman–Crippen LogP) is 5.22. The van der Waals surface area contributed by atoms with Crippen molar-refractivity contribution in [3.63, 3.8) is 0 Å². The van der Waals surface area contributed by atoms with Crippen LogP contribution >= 0.6 is 0 Å². The van der Waals surface area contributed by atoms with Crippen molar-refractivity contribution in [1.29, 1.82) is 0 Å². The van der Waals surface area contributed by atoms with Crippen LogP contribution in [-0.2, 0) is 12.0 Å². The molecule has 0 unspecified atom stereocenters. The highest BCUT2D eigenvalue weighted by Gasteiger charge is 2.34. The van der Waals surface area contributed by atoms with Crippen molar-refractivity contribution in [2.45, 2.75) is 39.7 Å². The van der Waals surface area contributed by atoms with Crippen LogP contribution in [0.1, 0.15) is 38.9 Å². The minimum absolute atomic E-state index is 0.469. The Morgan fingerprint density at radius 1 is 0.759 bits per heavy atom. The van der Waals surface area contributed by atoms with Crippen molar-refractivity contribution in [1.82, 2.24) is 0 Å². The molecule has 0 saturated carbocycles. The Labute approximate surface area is 173 Å². The quantitative estimate of drug-likeness (QED) is 0.628. The SMILES string of the molecule is COc1ccc(C(O)(Cc2c(C)c[c]cc2C)c2ccc(OC)c(C)c2)cc1C. The lowest BCUT2D eigenvalue weighted by atomic mass is 9.78. The van der Waals surface area contributed by atoms with E-state index in [1.807, 2.05) is 62.4 Å². The van der Waals surface area contributed by atoms with Crippen LogP contribution in [0.25, 0.3) is 0 Å². The zero-order chi connectivity index (χ0) is 21.2. The number of methoxy groups -OCH3 is 2. The molecule has 0 aliphatic heterocycles. The second-order valence-electron chi connectivity index (χ2n) is 7.71. The molecule has 3 nitrogen and oxygen atoms in total. The third-order valence-corrected chi connectivity index (χ3v) is 5.73. The van der Waals surface area contributed by atoms with Crippen molar-refractivity contribution in [3.8, 4) is 11.5 Å². The Balaban J connectivity index is 2.20. The first kappa shape index (κ1) is 20.9. The molecule has 0 aliphatic rings. The van der Waals surface area contributed by atoms with Gasteiger partial charge in [-0.25, -0.2) is 0 Å². The third-order valence-electron chi connectivity index (χ3n) is 5.73. The number of aryl methyl sites for hydroxylation is 4. The Bertz CT molecular complexity index is 947. The van der Waals surface area contributed by atoms with Gasteiger partial charge >= 0.3 is 0 Å². The Hall–Kier alpha value is -2.78. The molecule has 0 bridgehead atoms. The van der Waals surface area contributed by atoms with Gasteiger partial charge < -0.3 is 14.6 Å². The second-order valence-corrected chi connectivity index (χ2v) is 7.71. The fourth-order valence-electron chi connectivity index (χ4n) is 3.95. The minimum atomic E-state index is -1.19. The van der Waals surface area contributed by atoms with Gasteiger partial charge in [0.1, 0.15) is 17.1 Å². The number of benzene rings is 3. The van der Waals surface area contributed by atoms with E-state index in [2.05, 4.69) is 19.9 Å². The van der Waals surface area contributed by atoms with Crippen LogP contribution in [-0.4, -0.2) is 19.3 Å². The monoisotopic (exact) mass is 389 g/mol. The van der Waals surface area contributed by atoms with Crippen molar-refractivity contribution >= 4 is 0 Å². The summed E-state index contributed by atoms with van der Waals surface area (Å²) in [5.74, 6) is 1.62. The van der Waals surface area contributed by atoms with Crippen LogP contribution in [0.15, 0.2) is 48.5 Å². The summed E-state index contributed by atoms with van der Waals surface area (Å²) in [5, 5.41) is 12.1. The Morgan fingerprint density at radius 2 is 1.21 bits per heavy atom. The van der Waals surface area contributed by atoms with Crippen LogP contribution in [0.3, 0.4) is 0 Å². The van der Waals surface area contributed by atoms with Gasteiger partial charge in [0, 0.05) is 6.42 Å². The summed E-state index contributed by atoms with van der Waals surface area (Å²) in [4.78, 5) is 0. The van der Waals surface area contributed by atoms with Gasteiger partial charge in [-0.05, 0) is 97.0 Å². The topological polar surface area (TPSA) is 38.7 Å². The minimum Gasteiger partial charge on any atom is -0.496 e. The first-order valence-corrected chi connectivity index (χ1v) is 9.79. The van der Waals surface area contributed by atoms with Crippen LogP contribution < -0.4 is 9.47 Å². The normalized spacial score (nSPS) is 11.4. The fraction of sp³-hybridized carbons (Fsp3) is 0.308. The molecule has 0 amide bonds. The molecule has 0 aromatic heterocycles. The van der Waals surface area contributed by atoms with Gasteiger partial charge in [0.15, 0.2) is 0 Å². The van der Waals surface area contributed by atoms with Crippen LogP contribution in [0.5, 0.6) is 11.5 Å². The molecule has 3 rings (SSSR count). The third kappa shape index (κ3) is 4.01. The highest BCUT2D eigenvalue weighted by molar-refractivity contribution is 5.48. The summed E-state index contributed by atoms with van der Waals surface area (Å²) in [5.41, 5.74) is 5.85. The molecule has 0 saturated heterocycles. The van der Waals surface area contributed by atoms with E-state index in [9.17, 15) is 5.11 Å². The lowest BCUT2D eigenvalue weighted by Gasteiger charge is -2.32. The number of hydrogen-bond donors (Lipinski definition) is 1.